The number of hydrogen-bond acceptors (Lipinski definition) is 3. The zero-order chi connectivity index (χ0) is 19.0. The summed E-state index contributed by atoms with van der Waals surface area (Å²) in [5, 5.41) is 6.21. The van der Waals surface area contributed by atoms with E-state index in [1.54, 1.807) is 11.3 Å². The minimum atomic E-state index is 0.336. The predicted octanol–water partition coefficient (Wildman–Crippen LogP) is 6.21. The minimum Gasteiger partial charge on any atom is -0.343 e. The van der Waals surface area contributed by atoms with Crippen molar-refractivity contribution in [1.82, 2.24) is 14.5 Å². The van der Waals surface area contributed by atoms with Crippen LogP contribution in [0.3, 0.4) is 0 Å². The molecule has 1 atom stereocenters. The molecule has 0 bridgehead atoms. The second-order valence-corrected chi connectivity index (χ2v) is 8.41. The summed E-state index contributed by atoms with van der Waals surface area (Å²) < 4.78 is 2.33. The summed E-state index contributed by atoms with van der Waals surface area (Å²) in [5.74, 6) is 0. The molecule has 27 heavy (non-hydrogen) atoms. The van der Waals surface area contributed by atoms with E-state index in [2.05, 4.69) is 76.7 Å². The summed E-state index contributed by atoms with van der Waals surface area (Å²) in [6.45, 7) is 3.20. The van der Waals surface area contributed by atoms with Gasteiger partial charge in [0.15, 0.2) is 0 Å². The molecule has 0 amide bonds. The third-order valence-corrected chi connectivity index (χ3v) is 5.72. The first-order valence-corrected chi connectivity index (χ1v) is 10.3. The highest BCUT2D eigenvalue weighted by Gasteiger charge is 2.16. The SMILES string of the molecule is CC(CN(C)C)n1cc(-c2cncc(-c3ccsc3)c2)c2ccc(Cl)cc21. The Kier molecular flexibility index (Phi) is 5.04. The molecule has 0 N–H and O–H groups in total. The molecule has 0 aliphatic carbocycles. The van der Waals surface area contributed by atoms with Gasteiger partial charge in [0.25, 0.3) is 0 Å². The van der Waals surface area contributed by atoms with E-state index < -0.39 is 0 Å². The van der Waals surface area contributed by atoms with Crippen molar-refractivity contribution in [2.45, 2.75) is 13.0 Å². The maximum atomic E-state index is 6.31. The first-order valence-electron chi connectivity index (χ1n) is 8.96. The Hall–Kier alpha value is -2.14. The molecule has 138 valence electrons. The van der Waals surface area contributed by atoms with E-state index in [1.807, 2.05) is 18.5 Å². The Balaban J connectivity index is 1.86. The van der Waals surface area contributed by atoms with Crippen LogP contribution >= 0.6 is 22.9 Å². The summed E-state index contributed by atoms with van der Waals surface area (Å²) in [5.41, 5.74) is 5.83. The maximum Gasteiger partial charge on any atom is 0.0504 e. The highest BCUT2D eigenvalue weighted by molar-refractivity contribution is 7.08. The van der Waals surface area contributed by atoms with Gasteiger partial charge >= 0.3 is 0 Å². The summed E-state index contributed by atoms with van der Waals surface area (Å²) in [6, 6.07) is 10.8. The van der Waals surface area contributed by atoms with E-state index in [0.29, 0.717) is 6.04 Å². The Morgan fingerprint density at radius 1 is 1.11 bits per heavy atom. The Labute approximate surface area is 168 Å². The number of fused-ring (bicyclic) bond motifs is 1. The predicted molar refractivity (Wildman–Crippen MR) is 117 cm³/mol. The van der Waals surface area contributed by atoms with E-state index in [9.17, 15) is 0 Å². The van der Waals surface area contributed by atoms with Gasteiger partial charge in [-0.25, -0.2) is 0 Å². The lowest BCUT2D eigenvalue weighted by atomic mass is 10.0. The zero-order valence-corrected chi connectivity index (χ0v) is 17.3. The number of nitrogens with zero attached hydrogens (tertiary/aromatic N) is 3. The standard InChI is InChI=1S/C22H22ClN3S/c1-15(12-25(2)3)26-13-21(20-5-4-19(23)9-22(20)26)18-8-17(10-24-11-18)16-6-7-27-14-16/h4-11,13-15H,12H2,1-3H3. The van der Waals surface area contributed by atoms with Crippen molar-refractivity contribution in [2.24, 2.45) is 0 Å². The molecular weight excluding hydrogens is 374 g/mol. The van der Waals surface area contributed by atoms with Gasteiger partial charge < -0.3 is 9.47 Å². The lowest BCUT2D eigenvalue weighted by Gasteiger charge is -2.19. The number of hydrogen-bond donors (Lipinski definition) is 0. The van der Waals surface area contributed by atoms with Crippen LogP contribution in [0.5, 0.6) is 0 Å². The number of thiophene rings is 1. The van der Waals surface area contributed by atoms with Gasteiger partial charge in [-0.2, -0.15) is 11.3 Å². The van der Waals surface area contributed by atoms with Crippen LogP contribution in [0.1, 0.15) is 13.0 Å². The topological polar surface area (TPSA) is 21.1 Å². The highest BCUT2D eigenvalue weighted by Crippen LogP contribution is 2.35. The number of benzene rings is 1. The molecule has 0 spiro atoms. The van der Waals surface area contributed by atoms with Gasteiger partial charge in [-0.15, -0.1) is 0 Å². The third-order valence-electron chi connectivity index (χ3n) is 4.80. The lowest BCUT2D eigenvalue weighted by Crippen LogP contribution is -2.21. The second kappa shape index (κ2) is 7.47. The summed E-state index contributed by atoms with van der Waals surface area (Å²) in [7, 11) is 4.20. The lowest BCUT2D eigenvalue weighted by molar-refractivity contribution is 0.341. The second-order valence-electron chi connectivity index (χ2n) is 7.20. The monoisotopic (exact) mass is 395 g/mol. The first kappa shape index (κ1) is 18.2. The molecule has 0 aliphatic rings. The number of pyridine rings is 1. The average molecular weight is 396 g/mol. The molecule has 0 saturated heterocycles. The maximum absolute atomic E-state index is 6.31. The van der Waals surface area contributed by atoms with Crippen molar-refractivity contribution in [3.05, 3.63) is 64.7 Å². The van der Waals surface area contributed by atoms with Gasteiger partial charge in [-0.3, -0.25) is 4.98 Å². The van der Waals surface area contributed by atoms with Crippen LogP contribution in [0.4, 0.5) is 0 Å². The molecule has 0 aliphatic heterocycles. The van der Waals surface area contributed by atoms with E-state index in [-0.39, 0.29) is 0 Å². The normalized spacial score (nSPS) is 12.8. The third kappa shape index (κ3) is 3.65. The van der Waals surface area contributed by atoms with Gasteiger partial charge in [0.05, 0.1) is 5.52 Å². The number of halogens is 1. The molecule has 4 rings (SSSR count). The smallest absolute Gasteiger partial charge is 0.0504 e. The Morgan fingerprint density at radius 3 is 2.67 bits per heavy atom. The van der Waals surface area contributed by atoms with Crippen LogP contribution in [0, 0.1) is 0 Å². The molecule has 3 aromatic heterocycles. The van der Waals surface area contributed by atoms with E-state index in [0.717, 1.165) is 28.2 Å². The molecule has 0 radical (unpaired) electrons. The van der Waals surface area contributed by atoms with Crippen LogP contribution in [-0.2, 0) is 0 Å². The van der Waals surface area contributed by atoms with E-state index in [4.69, 9.17) is 11.6 Å². The fourth-order valence-corrected chi connectivity index (χ4v) is 4.44. The zero-order valence-electron chi connectivity index (χ0n) is 15.7. The van der Waals surface area contributed by atoms with Gasteiger partial charge in [0.1, 0.15) is 0 Å². The van der Waals surface area contributed by atoms with Crippen molar-refractivity contribution in [1.29, 1.82) is 0 Å². The van der Waals surface area contributed by atoms with Gasteiger partial charge in [-0.1, -0.05) is 17.7 Å². The van der Waals surface area contributed by atoms with Crippen molar-refractivity contribution in [3.63, 3.8) is 0 Å². The molecule has 3 heterocycles. The summed E-state index contributed by atoms with van der Waals surface area (Å²) >= 11 is 8.02. The fraction of sp³-hybridized carbons (Fsp3) is 0.227. The van der Waals surface area contributed by atoms with Crippen LogP contribution < -0.4 is 0 Å². The number of aromatic nitrogens is 2. The Morgan fingerprint density at radius 2 is 1.93 bits per heavy atom. The van der Waals surface area contributed by atoms with Crippen LogP contribution in [0.2, 0.25) is 5.02 Å². The largest absolute Gasteiger partial charge is 0.343 e. The highest BCUT2D eigenvalue weighted by atomic mass is 35.5. The van der Waals surface area contributed by atoms with Crippen molar-refractivity contribution < 1.29 is 0 Å². The molecule has 5 heteroatoms. The molecule has 0 saturated carbocycles. The van der Waals surface area contributed by atoms with Crippen LogP contribution in [0.25, 0.3) is 33.2 Å². The van der Waals surface area contributed by atoms with Gasteiger partial charge in [0, 0.05) is 58.3 Å². The molecule has 0 fully saturated rings. The van der Waals surface area contributed by atoms with Crippen molar-refractivity contribution >= 4 is 33.8 Å². The van der Waals surface area contributed by atoms with E-state index >= 15 is 0 Å². The number of rotatable bonds is 5. The van der Waals surface area contributed by atoms with Gasteiger partial charge in [0.2, 0.25) is 0 Å². The molecule has 4 aromatic rings. The van der Waals surface area contributed by atoms with E-state index in [1.165, 1.54) is 16.5 Å². The Bertz CT molecular complexity index is 1070. The molecule has 1 unspecified atom stereocenters. The van der Waals surface area contributed by atoms with Crippen molar-refractivity contribution in [3.8, 4) is 22.3 Å². The minimum absolute atomic E-state index is 0.336. The molecule has 3 nitrogen and oxygen atoms in total. The van der Waals surface area contributed by atoms with Crippen LogP contribution in [-0.4, -0.2) is 35.1 Å². The first-order chi connectivity index (χ1) is 13.0. The summed E-state index contributed by atoms with van der Waals surface area (Å²) in [4.78, 5) is 6.71. The summed E-state index contributed by atoms with van der Waals surface area (Å²) in [6.07, 6.45) is 6.11. The van der Waals surface area contributed by atoms with Crippen LogP contribution in [0.15, 0.2) is 59.7 Å². The quantitative estimate of drug-likeness (QED) is 0.400. The fourth-order valence-electron chi connectivity index (χ4n) is 3.61. The van der Waals surface area contributed by atoms with Crippen molar-refractivity contribution in [2.75, 3.05) is 20.6 Å². The van der Waals surface area contributed by atoms with Gasteiger partial charge in [-0.05, 0) is 61.6 Å². The molecular formula is C22H22ClN3S. The molecule has 1 aromatic carbocycles. The average Bonchev–Trinajstić information content (AvgIpc) is 3.29. The number of likely N-dealkylation sites (N-methyl/N-ethyl adjacent to an activating group) is 1.